The Morgan fingerprint density at radius 1 is 1.16 bits per heavy atom. The Morgan fingerprint density at radius 3 is 2.48 bits per heavy atom. The molecule has 2 aromatic rings. The van der Waals surface area contributed by atoms with Crippen LogP contribution in [0.2, 0.25) is 5.02 Å². The van der Waals surface area contributed by atoms with Gasteiger partial charge in [0.05, 0.1) is 19.2 Å². The summed E-state index contributed by atoms with van der Waals surface area (Å²) < 4.78 is 60.0. The molecule has 2 aromatic carbocycles. The zero-order valence-corrected chi connectivity index (χ0v) is 18.5. The van der Waals surface area contributed by atoms with Crippen LogP contribution in [0, 0.1) is 0 Å². The van der Waals surface area contributed by atoms with E-state index in [0.29, 0.717) is 16.5 Å². The van der Waals surface area contributed by atoms with Crippen molar-refractivity contribution < 1.29 is 36.3 Å². The summed E-state index contributed by atoms with van der Waals surface area (Å²) in [5.74, 6) is -0.495. The number of alkyl halides is 2. The van der Waals surface area contributed by atoms with Gasteiger partial charge in [0.15, 0.2) is 11.5 Å². The lowest BCUT2D eigenvalue weighted by Crippen LogP contribution is -2.28. The number of hydrogen-bond acceptors (Lipinski definition) is 6. The van der Waals surface area contributed by atoms with Crippen LogP contribution < -0.4 is 14.8 Å². The number of ether oxygens (including phenoxy) is 2. The van der Waals surface area contributed by atoms with Gasteiger partial charge < -0.3 is 14.8 Å². The van der Waals surface area contributed by atoms with Gasteiger partial charge in [-0.1, -0.05) is 22.1 Å². The van der Waals surface area contributed by atoms with Crippen molar-refractivity contribution in [2.24, 2.45) is 0 Å². The minimum Gasteiger partial charge on any atom is -0.493 e. The summed E-state index contributed by atoms with van der Waals surface area (Å²) in [6.07, 6.45) is 0.306. The summed E-state index contributed by atoms with van der Waals surface area (Å²) in [5, 5.41) is 2.57. The maximum Gasteiger partial charge on any atom is 0.387 e. The summed E-state index contributed by atoms with van der Waals surface area (Å²) in [4.78, 5) is 16.9. The molecule has 0 saturated carbocycles. The number of carbonyl (C=O) groups excluding carboxylic acids is 1. The average Bonchev–Trinajstić information content (AvgIpc) is 2.72. The molecule has 1 N–H and O–H groups in total. The van der Waals surface area contributed by atoms with Gasteiger partial charge in [0.2, 0.25) is 0 Å². The Morgan fingerprint density at radius 2 is 1.87 bits per heavy atom. The number of hydroxylamine groups is 1. The smallest absolute Gasteiger partial charge is 0.387 e. The van der Waals surface area contributed by atoms with E-state index in [-0.39, 0.29) is 33.5 Å². The van der Waals surface area contributed by atoms with E-state index in [9.17, 15) is 22.0 Å². The van der Waals surface area contributed by atoms with E-state index in [4.69, 9.17) is 21.2 Å². The largest absolute Gasteiger partial charge is 0.493 e. The van der Waals surface area contributed by atoms with Gasteiger partial charge in [0.1, 0.15) is 4.90 Å². The normalized spacial score (nSPS) is 11.6. The van der Waals surface area contributed by atoms with Crippen molar-refractivity contribution in [2.45, 2.75) is 17.9 Å². The Balaban J connectivity index is 2.09. The lowest BCUT2D eigenvalue weighted by atomic mass is 10.1. The third kappa shape index (κ3) is 6.26. The molecule has 0 unspecified atom stereocenters. The van der Waals surface area contributed by atoms with Crippen molar-refractivity contribution >= 4 is 27.5 Å². The molecule has 0 aliphatic carbocycles. The lowest BCUT2D eigenvalue weighted by molar-refractivity contribution is -0.0512. The van der Waals surface area contributed by atoms with Crippen molar-refractivity contribution in [3.63, 3.8) is 0 Å². The molecule has 0 spiro atoms. The zero-order chi connectivity index (χ0) is 23.2. The fourth-order valence-corrected chi connectivity index (χ4v) is 4.04. The molecule has 0 aliphatic heterocycles. The highest BCUT2D eigenvalue weighted by molar-refractivity contribution is 7.89. The molecule has 0 aromatic heterocycles. The van der Waals surface area contributed by atoms with E-state index in [1.165, 1.54) is 45.5 Å². The molecule has 8 nitrogen and oxygen atoms in total. The zero-order valence-electron chi connectivity index (χ0n) is 16.9. The molecule has 0 radical (unpaired) electrons. The molecule has 0 aliphatic rings. The average molecular weight is 479 g/mol. The number of benzene rings is 2. The molecule has 0 bridgehead atoms. The highest BCUT2D eigenvalue weighted by Gasteiger charge is 2.25. The number of sulfonamides is 1. The number of nitrogens with zero attached hydrogens (tertiary/aromatic N) is 1. The van der Waals surface area contributed by atoms with Crippen LogP contribution in [0.1, 0.15) is 15.9 Å². The van der Waals surface area contributed by atoms with Crippen molar-refractivity contribution in [1.82, 2.24) is 9.79 Å². The fourth-order valence-electron chi connectivity index (χ4n) is 2.57. The molecule has 0 heterocycles. The molecule has 2 rings (SSSR count). The molecular formula is C19H21ClF2N2O6S. The van der Waals surface area contributed by atoms with Gasteiger partial charge in [-0.15, -0.1) is 0 Å². The molecule has 12 heteroatoms. The highest BCUT2D eigenvalue weighted by Crippen LogP contribution is 2.29. The second-order valence-corrected chi connectivity index (χ2v) is 8.42. The maximum absolute atomic E-state index is 12.5. The van der Waals surface area contributed by atoms with E-state index in [1.807, 2.05) is 0 Å². The number of rotatable bonds is 10. The molecular weight excluding hydrogens is 458 g/mol. The van der Waals surface area contributed by atoms with Crippen molar-refractivity contribution in [3.05, 3.63) is 52.5 Å². The number of carbonyl (C=O) groups is 1. The number of halogens is 3. The fraction of sp³-hybridized carbons (Fsp3) is 0.316. The van der Waals surface area contributed by atoms with Crippen LogP contribution in [0.25, 0.3) is 0 Å². The maximum atomic E-state index is 12.5. The number of nitrogens with one attached hydrogen (secondary N) is 1. The SMILES string of the molecule is COc1ccc(CCNC(=O)c2ccc(Cl)c(S(=O)(=O)N(C)OC)c2)cc1OC(F)F. The van der Waals surface area contributed by atoms with Crippen molar-refractivity contribution in [3.8, 4) is 11.5 Å². The number of hydrogen-bond donors (Lipinski definition) is 1. The summed E-state index contributed by atoms with van der Waals surface area (Å²) in [7, 11) is -0.343. The molecule has 0 saturated heterocycles. The van der Waals surface area contributed by atoms with Crippen molar-refractivity contribution in [1.29, 1.82) is 0 Å². The first kappa shape index (κ1) is 24.8. The van der Waals surface area contributed by atoms with Gasteiger partial charge in [0, 0.05) is 19.2 Å². The minimum absolute atomic E-state index is 0.0646. The molecule has 0 atom stereocenters. The van der Waals surface area contributed by atoms with Gasteiger partial charge >= 0.3 is 6.61 Å². The second-order valence-electron chi connectivity index (χ2n) is 6.11. The van der Waals surface area contributed by atoms with E-state index >= 15 is 0 Å². The topological polar surface area (TPSA) is 94.2 Å². The predicted octanol–water partition coefficient (Wildman–Crippen LogP) is 3.10. The quantitative estimate of drug-likeness (QED) is 0.527. The van der Waals surface area contributed by atoms with Gasteiger partial charge in [-0.2, -0.15) is 8.78 Å². The van der Waals surface area contributed by atoms with Crippen LogP contribution in [-0.4, -0.2) is 53.2 Å². The predicted molar refractivity (Wildman–Crippen MR) is 109 cm³/mol. The summed E-state index contributed by atoms with van der Waals surface area (Å²) >= 11 is 5.98. The first-order chi connectivity index (χ1) is 14.6. The van der Waals surface area contributed by atoms with Crippen LogP contribution in [0.3, 0.4) is 0 Å². The summed E-state index contributed by atoms with van der Waals surface area (Å²) in [6.45, 7) is -2.85. The van der Waals surface area contributed by atoms with Crippen molar-refractivity contribution in [2.75, 3.05) is 27.8 Å². The first-order valence-corrected chi connectivity index (χ1v) is 10.6. The Labute approximate surface area is 183 Å². The molecule has 1 amide bonds. The lowest BCUT2D eigenvalue weighted by Gasteiger charge is -2.16. The second kappa shape index (κ2) is 10.7. The molecule has 0 fully saturated rings. The third-order valence-electron chi connectivity index (χ3n) is 4.21. The van der Waals surface area contributed by atoms with Gasteiger partial charge in [-0.3, -0.25) is 9.63 Å². The van der Waals surface area contributed by atoms with E-state index < -0.39 is 22.5 Å². The van der Waals surface area contributed by atoms with Crippen LogP contribution in [0.15, 0.2) is 41.3 Å². The van der Waals surface area contributed by atoms with E-state index in [0.717, 1.165) is 6.07 Å². The standard InChI is InChI=1S/C19H21ClF2N2O6S/c1-24(29-3)31(26,27)17-11-13(5-6-14(17)20)18(25)23-9-8-12-4-7-15(28-2)16(10-12)30-19(21)22/h4-7,10-11,19H,8-9H2,1-3H3,(H,23,25). The van der Waals surface area contributed by atoms with E-state index in [2.05, 4.69) is 10.1 Å². The Hall–Kier alpha value is -2.47. The van der Waals surface area contributed by atoms with Gasteiger partial charge in [-0.05, 0) is 42.3 Å². The number of amides is 1. The highest BCUT2D eigenvalue weighted by atomic mass is 35.5. The van der Waals surface area contributed by atoms with Gasteiger partial charge in [0.25, 0.3) is 15.9 Å². The van der Waals surface area contributed by atoms with Crippen LogP contribution in [0.5, 0.6) is 11.5 Å². The van der Waals surface area contributed by atoms with Crippen LogP contribution in [0.4, 0.5) is 8.78 Å². The van der Waals surface area contributed by atoms with Crippen LogP contribution in [-0.2, 0) is 21.3 Å². The Kier molecular flexibility index (Phi) is 8.57. The minimum atomic E-state index is -4.05. The van der Waals surface area contributed by atoms with Crippen LogP contribution >= 0.6 is 11.6 Å². The summed E-state index contributed by atoms with van der Waals surface area (Å²) in [5.41, 5.74) is 0.696. The van der Waals surface area contributed by atoms with Gasteiger partial charge in [-0.25, -0.2) is 8.42 Å². The Bertz CT molecular complexity index is 1040. The monoisotopic (exact) mass is 478 g/mol. The van der Waals surface area contributed by atoms with E-state index in [1.54, 1.807) is 6.07 Å². The first-order valence-electron chi connectivity index (χ1n) is 8.82. The summed E-state index contributed by atoms with van der Waals surface area (Å²) in [6, 6.07) is 8.35. The third-order valence-corrected chi connectivity index (χ3v) is 6.37. The number of methoxy groups -OCH3 is 1. The molecule has 31 heavy (non-hydrogen) atoms. The molecule has 170 valence electrons.